The molecular formula is C35H41F2O11PS2. The minimum Gasteiger partial charge on any atom is -0.493 e. The Hall–Kier alpha value is -3.62. The minimum absolute atomic E-state index is 0.0338. The third kappa shape index (κ3) is 8.23. The van der Waals surface area contributed by atoms with E-state index in [0.29, 0.717) is 9.40 Å². The number of carbonyl (C=O) groups excluding carboxylic acids is 3. The lowest BCUT2D eigenvalue weighted by Crippen LogP contribution is -2.28. The van der Waals surface area contributed by atoms with Crippen LogP contribution >= 0.6 is 30.3 Å². The Kier molecular flexibility index (Phi) is 12.6. The van der Waals surface area contributed by atoms with Gasteiger partial charge >= 0.3 is 13.6 Å². The van der Waals surface area contributed by atoms with Crippen LogP contribution in [-0.4, -0.2) is 71.5 Å². The molecule has 2 aromatic carbocycles. The van der Waals surface area contributed by atoms with E-state index in [2.05, 4.69) is 0 Å². The van der Waals surface area contributed by atoms with Gasteiger partial charge in [-0.25, -0.2) is 8.78 Å². The van der Waals surface area contributed by atoms with E-state index in [1.807, 2.05) is 0 Å². The molecule has 0 amide bonds. The molecule has 0 saturated carbocycles. The van der Waals surface area contributed by atoms with Crippen molar-refractivity contribution in [1.29, 1.82) is 0 Å². The molecule has 0 unspecified atom stereocenters. The van der Waals surface area contributed by atoms with E-state index in [-0.39, 0.29) is 87.6 Å². The number of halogens is 2. The Morgan fingerprint density at radius 1 is 0.706 bits per heavy atom. The van der Waals surface area contributed by atoms with E-state index in [4.69, 9.17) is 32.7 Å². The van der Waals surface area contributed by atoms with Crippen LogP contribution in [-0.2, 0) is 23.1 Å². The second-order valence-corrected chi connectivity index (χ2v) is 17.9. The number of methoxy groups -OCH3 is 3. The Morgan fingerprint density at radius 2 is 1.14 bits per heavy atom. The molecule has 0 spiro atoms. The maximum Gasteiger partial charge on any atom is 0.336 e. The fourth-order valence-electron chi connectivity index (χ4n) is 5.43. The van der Waals surface area contributed by atoms with Gasteiger partial charge in [-0.05, 0) is 39.8 Å². The SMILES string of the molecule is COC(=O)C(C)(C)CC(=O)c1cc2c(F)c(OCCCOc3c(OC)cc4sc(C(=O)CC(C)(C)P(=O)(OC)OC)cc4c3F)c(OC)cc2s1. The molecule has 4 rings (SSSR count). The van der Waals surface area contributed by atoms with Crippen molar-refractivity contribution in [2.45, 2.75) is 52.1 Å². The summed E-state index contributed by atoms with van der Waals surface area (Å²) in [5, 5.41) is -0.822. The molecule has 0 aliphatic heterocycles. The highest BCUT2D eigenvalue weighted by Gasteiger charge is 2.44. The van der Waals surface area contributed by atoms with Crippen molar-refractivity contribution < 1.29 is 60.5 Å². The second-order valence-electron chi connectivity index (χ2n) is 12.8. The van der Waals surface area contributed by atoms with Gasteiger partial charge in [0.1, 0.15) is 0 Å². The molecule has 0 radical (unpaired) electrons. The topological polar surface area (TPSA) is 133 Å². The number of carbonyl (C=O) groups is 3. The fraction of sp³-hybridized carbons (Fsp3) is 0.457. The van der Waals surface area contributed by atoms with Crippen molar-refractivity contribution in [3.63, 3.8) is 0 Å². The van der Waals surface area contributed by atoms with Crippen LogP contribution in [0, 0.1) is 17.0 Å². The van der Waals surface area contributed by atoms with E-state index in [9.17, 15) is 18.9 Å². The number of hydrogen-bond acceptors (Lipinski definition) is 13. The van der Waals surface area contributed by atoms with E-state index in [0.717, 1.165) is 22.7 Å². The maximum absolute atomic E-state index is 15.8. The summed E-state index contributed by atoms with van der Waals surface area (Å²) in [6.07, 6.45) is -0.0795. The van der Waals surface area contributed by atoms with Gasteiger partial charge in [0.15, 0.2) is 46.2 Å². The zero-order valence-electron chi connectivity index (χ0n) is 29.9. The predicted octanol–water partition coefficient (Wildman–Crippen LogP) is 8.87. The predicted molar refractivity (Wildman–Crippen MR) is 192 cm³/mol. The third-order valence-electron chi connectivity index (χ3n) is 8.29. The van der Waals surface area contributed by atoms with E-state index >= 15 is 8.78 Å². The van der Waals surface area contributed by atoms with Gasteiger partial charge < -0.3 is 32.7 Å². The van der Waals surface area contributed by atoms with Crippen LogP contribution in [0.4, 0.5) is 8.78 Å². The van der Waals surface area contributed by atoms with Crippen LogP contribution in [0.1, 0.15) is 66.3 Å². The molecule has 0 saturated heterocycles. The molecule has 0 atom stereocenters. The molecule has 0 bridgehead atoms. The molecule has 16 heteroatoms. The third-order valence-corrected chi connectivity index (χ3v) is 13.1. The highest BCUT2D eigenvalue weighted by Crippen LogP contribution is 2.60. The van der Waals surface area contributed by atoms with Crippen LogP contribution in [0.15, 0.2) is 24.3 Å². The number of rotatable bonds is 18. The summed E-state index contributed by atoms with van der Waals surface area (Å²) in [5.41, 5.74) is -1.06. The number of benzene rings is 2. The van der Waals surface area contributed by atoms with Crippen LogP contribution in [0.3, 0.4) is 0 Å². The summed E-state index contributed by atoms with van der Waals surface area (Å²) in [7, 11) is 2.90. The Balaban J connectivity index is 1.46. The van der Waals surface area contributed by atoms with Gasteiger partial charge in [0.2, 0.25) is 0 Å². The summed E-state index contributed by atoms with van der Waals surface area (Å²) >= 11 is 2.14. The van der Waals surface area contributed by atoms with Crippen LogP contribution < -0.4 is 18.9 Å². The first-order valence-electron chi connectivity index (χ1n) is 15.7. The van der Waals surface area contributed by atoms with Gasteiger partial charge in [-0.2, -0.15) is 0 Å². The first kappa shape index (κ1) is 40.2. The molecular weight excluding hydrogens is 729 g/mol. The van der Waals surface area contributed by atoms with E-state index in [1.54, 1.807) is 39.8 Å². The molecule has 0 aliphatic rings. The first-order valence-corrected chi connectivity index (χ1v) is 18.9. The lowest BCUT2D eigenvalue weighted by molar-refractivity contribution is -0.150. The minimum atomic E-state index is -3.59. The summed E-state index contributed by atoms with van der Waals surface area (Å²) < 4.78 is 82.6. The molecule has 0 aliphatic carbocycles. The lowest BCUT2D eigenvalue weighted by atomic mass is 9.87. The monoisotopic (exact) mass is 770 g/mol. The smallest absolute Gasteiger partial charge is 0.336 e. The number of hydrogen-bond donors (Lipinski definition) is 0. The van der Waals surface area contributed by atoms with Crippen molar-refractivity contribution in [3.05, 3.63) is 45.7 Å². The number of ketones is 2. The molecule has 0 fully saturated rings. The maximum atomic E-state index is 15.8. The molecule has 11 nitrogen and oxygen atoms in total. The molecule has 51 heavy (non-hydrogen) atoms. The summed E-state index contributed by atoms with van der Waals surface area (Å²) in [6.45, 7) is 6.34. The van der Waals surface area contributed by atoms with Crippen molar-refractivity contribution >= 4 is 68.0 Å². The zero-order chi connectivity index (χ0) is 37.9. The summed E-state index contributed by atoms with van der Waals surface area (Å²) in [4.78, 5) is 38.8. The van der Waals surface area contributed by atoms with Crippen molar-refractivity contribution in [1.82, 2.24) is 0 Å². The molecule has 2 aromatic heterocycles. The number of ether oxygens (including phenoxy) is 5. The van der Waals surface area contributed by atoms with Gasteiger partial charge in [-0.3, -0.25) is 18.9 Å². The summed E-state index contributed by atoms with van der Waals surface area (Å²) in [6, 6.07) is 5.98. The highest BCUT2D eigenvalue weighted by molar-refractivity contribution is 7.55. The van der Waals surface area contributed by atoms with Gasteiger partial charge in [-0.15, -0.1) is 22.7 Å². The number of Topliss-reactive ketones (excluding diaryl/α,β-unsaturated/α-hetero) is 2. The first-order chi connectivity index (χ1) is 24.0. The van der Waals surface area contributed by atoms with Crippen LogP contribution in [0.5, 0.6) is 23.0 Å². The van der Waals surface area contributed by atoms with Crippen molar-refractivity contribution in [2.75, 3.05) is 48.8 Å². The van der Waals surface area contributed by atoms with Gasteiger partial charge in [0.25, 0.3) is 0 Å². The Labute approximate surface area is 302 Å². The van der Waals surface area contributed by atoms with Gasteiger partial charge in [0.05, 0.1) is 54.9 Å². The highest BCUT2D eigenvalue weighted by atomic mass is 32.1. The van der Waals surface area contributed by atoms with E-state index in [1.165, 1.54) is 47.7 Å². The Bertz CT molecular complexity index is 1990. The molecule has 2 heterocycles. The van der Waals surface area contributed by atoms with Crippen LogP contribution in [0.25, 0.3) is 20.2 Å². The van der Waals surface area contributed by atoms with Crippen molar-refractivity contribution in [2.24, 2.45) is 5.41 Å². The lowest BCUT2D eigenvalue weighted by Gasteiger charge is -2.30. The molecule has 4 aromatic rings. The quantitative estimate of drug-likeness (QED) is 0.0416. The number of esters is 1. The average molecular weight is 771 g/mol. The molecule has 278 valence electrons. The van der Waals surface area contributed by atoms with Crippen LogP contribution in [0.2, 0.25) is 0 Å². The molecule has 0 N–H and O–H groups in total. The van der Waals surface area contributed by atoms with Crippen molar-refractivity contribution in [3.8, 4) is 23.0 Å². The normalized spacial score (nSPS) is 12.3. The summed E-state index contributed by atoms with van der Waals surface area (Å²) in [5.74, 6) is -2.76. The second kappa shape index (κ2) is 16.0. The van der Waals surface area contributed by atoms with Gasteiger partial charge in [0, 0.05) is 65.8 Å². The Morgan fingerprint density at radius 3 is 1.53 bits per heavy atom. The van der Waals surface area contributed by atoms with Gasteiger partial charge in [-0.1, -0.05) is 0 Å². The number of fused-ring (bicyclic) bond motifs is 2. The fourth-order valence-corrected chi connectivity index (χ4v) is 8.96. The number of thiophene rings is 2. The largest absolute Gasteiger partial charge is 0.493 e. The zero-order valence-corrected chi connectivity index (χ0v) is 32.4. The standard InChI is InChI=1S/C35H41F2O11PS2/c1-34(2,33(40)44-7)17-21(38)27-13-19-25(50-27)15-23(42-5)31(29(19)36)47-11-10-12-48-32-24(43-6)16-26-20(30(32)37)14-28(51-26)22(39)18-35(3,4)49(41,45-8)46-9/h13-16H,10-12,17-18H2,1-9H3. The van der Waals surface area contributed by atoms with E-state index < -0.39 is 35.8 Å². The average Bonchev–Trinajstić information content (AvgIpc) is 3.73.